The van der Waals surface area contributed by atoms with Crippen LogP contribution in [0.15, 0.2) is 36.7 Å². The van der Waals surface area contributed by atoms with E-state index in [4.69, 9.17) is 4.74 Å². The van der Waals surface area contributed by atoms with Crippen LogP contribution in [0.1, 0.15) is 23.2 Å². The molecule has 2 heterocycles. The summed E-state index contributed by atoms with van der Waals surface area (Å²) in [4.78, 5) is 17.7. The number of ether oxygens (including phenoxy) is 1. The van der Waals surface area contributed by atoms with Crippen molar-refractivity contribution in [3.05, 3.63) is 54.0 Å². The van der Waals surface area contributed by atoms with E-state index in [2.05, 4.69) is 15.1 Å². The Labute approximate surface area is 180 Å². The lowest BCUT2D eigenvalue weighted by molar-refractivity contribution is -0.145. The lowest BCUT2D eigenvalue weighted by Gasteiger charge is -2.27. The number of hydrogen-bond donors (Lipinski definition) is 1. The molecule has 1 unspecified atom stereocenters. The summed E-state index contributed by atoms with van der Waals surface area (Å²) in [6, 6.07) is 3.55. The van der Waals surface area contributed by atoms with Gasteiger partial charge in [0.25, 0.3) is 6.43 Å². The van der Waals surface area contributed by atoms with Crippen molar-refractivity contribution in [2.24, 2.45) is 0 Å². The molecular formula is C19H13F7N4O3. The summed E-state index contributed by atoms with van der Waals surface area (Å²) in [7, 11) is 0. The van der Waals surface area contributed by atoms with Crippen LogP contribution in [0.5, 0.6) is 5.75 Å². The molecule has 0 bridgehead atoms. The summed E-state index contributed by atoms with van der Waals surface area (Å²) in [6.45, 7) is -0.824. The van der Waals surface area contributed by atoms with Gasteiger partial charge in [0.05, 0.1) is 18.1 Å². The molecule has 0 aliphatic carbocycles. The zero-order chi connectivity index (χ0) is 24.6. The van der Waals surface area contributed by atoms with Gasteiger partial charge in [-0.1, -0.05) is 0 Å². The summed E-state index contributed by atoms with van der Waals surface area (Å²) in [5.41, 5.74) is -3.69. The Morgan fingerprint density at radius 2 is 1.79 bits per heavy atom. The number of aromatic nitrogens is 4. The average Bonchev–Trinajstić information content (AvgIpc) is 3.18. The van der Waals surface area contributed by atoms with E-state index in [1.54, 1.807) is 0 Å². The van der Waals surface area contributed by atoms with Crippen LogP contribution in [0.2, 0.25) is 0 Å². The molecule has 0 fully saturated rings. The highest BCUT2D eigenvalue weighted by Crippen LogP contribution is 2.32. The van der Waals surface area contributed by atoms with Gasteiger partial charge in [-0.25, -0.2) is 37.0 Å². The number of carboxylic acids is 1. The van der Waals surface area contributed by atoms with Crippen LogP contribution in [0.3, 0.4) is 0 Å². The largest absolute Gasteiger partial charge is 0.479 e. The molecule has 176 valence electrons. The van der Waals surface area contributed by atoms with Crippen molar-refractivity contribution in [1.82, 2.24) is 19.7 Å². The maximum absolute atomic E-state index is 14.2. The van der Waals surface area contributed by atoms with Crippen molar-refractivity contribution in [1.29, 1.82) is 0 Å². The summed E-state index contributed by atoms with van der Waals surface area (Å²) in [5, 5.41) is 13.0. The first-order valence-corrected chi connectivity index (χ1v) is 8.91. The topological polar surface area (TPSA) is 90.1 Å². The summed E-state index contributed by atoms with van der Waals surface area (Å²) in [5.74, 6) is -4.49. The quantitative estimate of drug-likeness (QED) is 0.501. The molecule has 1 aromatic carbocycles. The zero-order valence-corrected chi connectivity index (χ0v) is 16.4. The maximum Gasteiger partial charge on any atom is 0.451 e. The molecule has 0 aliphatic rings. The Morgan fingerprint density at radius 3 is 2.30 bits per heavy atom. The normalized spacial score (nSPS) is 13.7. The molecule has 14 heteroatoms. The van der Waals surface area contributed by atoms with Crippen molar-refractivity contribution in [2.75, 3.05) is 6.67 Å². The molecule has 0 amide bonds. The monoisotopic (exact) mass is 478 g/mol. The van der Waals surface area contributed by atoms with Crippen LogP contribution in [0.4, 0.5) is 30.7 Å². The lowest BCUT2D eigenvalue weighted by atomic mass is 10.1. The van der Waals surface area contributed by atoms with Gasteiger partial charge in [-0.2, -0.15) is 18.3 Å². The molecule has 3 aromatic rings. The molecule has 7 nitrogen and oxygen atoms in total. The Hall–Kier alpha value is -3.71. The second kappa shape index (κ2) is 8.67. The smallest absolute Gasteiger partial charge is 0.451 e. The standard InChI is InChI=1S/C19H13F7N4O3/c1-18(8-20,16(22)23)33-12-3-9(2-10(21)4-12)14-5-13(15(31)32)29-30(14)11-6-27-17(28-7-11)19(24,25)26/h2-7,16H,8H2,1H3,(H,31,32). The van der Waals surface area contributed by atoms with Crippen LogP contribution in [0, 0.1) is 5.82 Å². The first-order valence-electron chi connectivity index (χ1n) is 8.91. The van der Waals surface area contributed by atoms with Gasteiger partial charge in [-0.15, -0.1) is 0 Å². The molecule has 1 N–H and O–H groups in total. The number of alkyl halides is 6. The van der Waals surface area contributed by atoms with Crippen molar-refractivity contribution >= 4 is 5.97 Å². The fourth-order valence-electron chi connectivity index (χ4n) is 2.63. The maximum atomic E-state index is 14.2. The Kier molecular flexibility index (Phi) is 6.29. The highest BCUT2D eigenvalue weighted by Gasteiger charge is 2.38. The molecule has 0 saturated carbocycles. The van der Waals surface area contributed by atoms with Crippen LogP contribution >= 0.6 is 0 Å². The number of carbonyl (C=O) groups is 1. The lowest BCUT2D eigenvalue weighted by Crippen LogP contribution is -2.42. The molecule has 3 rings (SSSR count). The minimum Gasteiger partial charge on any atom is -0.479 e. The van der Waals surface area contributed by atoms with E-state index in [1.165, 1.54) is 0 Å². The van der Waals surface area contributed by atoms with Crippen molar-refractivity contribution in [2.45, 2.75) is 25.1 Å². The minimum absolute atomic E-state index is 0.152. The molecule has 0 radical (unpaired) electrons. The van der Waals surface area contributed by atoms with Gasteiger partial charge in [-0.05, 0) is 25.1 Å². The Bertz CT molecular complexity index is 1170. The van der Waals surface area contributed by atoms with Gasteiger partial charge in [0.1, 0.15) is 23.9 Å². The van der Waals surface area contributed by atoms with Crippen LogP contribution in [-0.4, -0.2) is 49.5 Å². The summed E-state index contributed by atoms with van der Waals surface area (Å²) >= 11 is 0. The third-order valence-electron chi connectivity index (χ3n) is 4.31. The van der Waals surface area contributed by atoms with Crippen LogP contribution in [-0.2, 0) is 6.18 Å². The zero-order valence-electron chi connectivity index (χ0n) is 16.4. The highest BCUT2D eigenvalue weighted by atomic mass is 19.4. The van der Waals surface area contributed by atoms with Gasteiger partial charge in [0.2, 0.25) is 5.82 Å². The van der Waals surface area contributed by atoms with E-state index in [9.17, 15) is 40.6 Å². The minimum atomic E-state index is -4.83. The number of rotatable bonds is 7. The number of halogens is 7. The van der Waals surface area contributed by atoms with Crippen LogP contribution < -0.4 is 4.74 Å². The van der Waals surface area contributed by atoms with Gasteiger partial charge < -0.3 is 9.84 Å². The number of aromatic carboxylic acids is 1. The molecule has 1 atom stereocenters. The Morgan fingerprint density at radius 1 is 1.15 bits per heavy atom. The molecule has 0 saturated heterocycles. The van der Waals surface area contributed by atoms with Crippen molar-refractivity contribution in [3.63, 3.8) is 0 Å². The number of benzene rings is 1. The molecule has 2 aromatic heterocycles. The second-order valence-corrected chi connectivity index (χ2v) is 6.92. The van der Waals surface area contributed by atoms with Crippen molar-refractivity contribution in [3.8, 4) is 22.7 Å². The predicted molar refractivity (Wildman–Crippen MR) is 97.5 cm³/mol. The molecule has 0 spiro atoms. The van der Waals surface area contributed by atoms with E-state index in [0.717, 1.165) is 29.8 Å². The SMILES string of the molecule is CC(CF)(Oc1cc(F)cc(-c2cc(C(=O)O)nn2-c2cnc(C(F)(F)F)nc2)c1)C(F)F. The van der Waals surface area contributed by atoms with Gasteiger partial charge >= 0.3 is 12.1 Å². The number of nitrogens with zero attached hydrogens (tertiary/aromatic N) is 4. The van der Waals surface area contributed by atoms with E-state index in [1.807, 2.05) is 0 Å². The van der Waals surface area contributed by atoms with E-state index >= 15 is 0 Å². The third-order valence-corrected chi connectivity index (χ3v) is 4.31. The fourth-order valence-corrected chi connectivity index (χ4v) is 2.63. The Balaban J connectivity index is 2.11. The van der Waals surface area contributed by atoms with Gasteiger partial charge in [-0.3, -0.25) is 0 Å². The second-order valence-electron chi connectivity index (χ2n) is 6.92. The van der Waals surface area contributed by atoms with Crippen LogP contribution in [0.25, 0.3) is 16.9 Å². The predicted octanol–water partition coefficient (Wildman–Crippen LogP) is 4.56. The number of carboxylic acid groups (broad SMARTS) is 1. The first-order chi connectivity index (χ1) is 15.3. The molecule has 0 aliphatic heterocycles. The number of hydrogen-bond acceptors (Lipinski definition) is 5. The van der Waals surface area contributed by atoms with Crippen molar-refractivity contribution < 1.29 is 45.4 Å². The molecule has 33 heavy (non-hydrogen) atoms. The van der Waals surface area contributed by atoms with E-state index in [0.29, 0.717) is 18.5 Å². The average molecular weight is 478 g/mol. The van der Waals surface area contributed by atoms with E-state index in [-0.39, 0.29) is 16.9 Å². The van der Waals surface area contributed by atoms with Gasteiger partial charge in [0, 0.05) is 11.6 Å². The molecular weight excluding hydrogens is 465 g/mol. The third kappa shape index (κ3) is 5.04. The first kappa shape index (κ1) is 23.9. The summed E-state index contributed by atoms with van der Waals surface area (Å²) in [6.07, 6.45) is -6.67. The summed E-state index contributed by atoms with van der Waals surface area (Å²) < 4.78 is 97.6. The fraction of sp³-hybridized carbons (Fsp3) is 0.263. The highest BCUT2D eigenvalue weighted by molar-refractivity contribution is 5.87. The van der Waals surface area contributed by atoms with Gasteiger partial charge in [0.15, 0.2) is 11.3 Å². The van der Waals surface area contributed by atoms with E-state index < -0.39 is 53.9 Å².